The number of sulfonamides is 1. The molecule has 7 heteroatoms. The van der Waals surface area contributed by atoms with E-state index in [1.165, 1.54) is 16.8 Å². The first-order valence-electron chi connectivity index (χ1n) is 5.03. The normalized spacial score (nSPS) is 19.4. The van der Waals surface area contributed by atoms with Crippen molar-refractivity contribution in [2.45, 2.75) is 17.9 Å². The van der Waals surface area contributed by atoms with Crippen LogP contribution >= 0.6 is 0 Å². The number of piperidine rings is 1. The van der Waals surface area contributed by atoms with Crippen molar-refractivity contribution in [2.75, 3.05) is 13.1 Å². The maximum absolute atomic E-state index is 12.0. The highest BCUT2D eigenvalue weighted by atomic mass is 32.2. The Hall–Kier alpha value is -1.39. The zero-order valence-electron chi connectivity index (χ0n) is 8.63. The summed E-state index contributed by atoms with van der Waals surface area (Å²) in [5, 5.41) is 8.84. The molecule has 16 heavy (non-hydrogen) atoms. The monoisotopic (exact) mass is 240 g/mol. The molecule has 0 atom stereocenters. The van der Waals surface area contributed by atoms with Gasteiger partial charge in [0.1, 0.15) is 0 Å². The van der Waals surface area contributed by atoms with Crippen LogP contribution in [0.1, 0.15) is 12.8 Å². The van der Waals surface area contributed by atoms with Crippen LogP contribution in [0.25, 0.3) is 0 Å². The van der Waals surface area contributed by atoms with Crippen molar-refractivity contribution in [3.63, 3.8) is 0 Å². The fourth-order valence-electron chi connectivity index (χ4n) is 1.75. The fourth-order valence-corrected chi connectivity index (χ4v) is 3.11. The molecular weight excluding hydrogens is 228 g/mol. The summed E-state index contributed by atoms with van der Waals surface area (Å²) >= 11 is 0. The largest absolute Gasteiger partial charge is 0.335 e. The van der Waals surface area contributed by atoms with Crippen LogP contribution in [-0.4, -0.2) is 35.8 Å². The highest BCUT2D eigenvalue weighted by molar-refractivity contribution is 7.89. The second-order valence-electron chi connectivity index (χ2n) is 3.72. The molecule has 86 valence electrons. The van der Waals surface area contributed by atoms with Gasteiger partial charge in [-0.2, -0.15) is 9.57 Å². The molecular formula is C9H12N4O2S. The van der Waals surface area contributed by atoms with E-state index in [0.29, 0.717) is 25.9 Å². The van der Waals surface area contributed by atoms with Gasteiger partial charge in [0.05, 0.1) is 18.6 Å². The van der Waals surface area contributed by atoms with Gasteiger partial charge in [0.15, 0.2) is 5.03 Å². The number of hydrogen-bond acceptors (Lipinski definition) is 4. The number of nitriles is 1. The van der Waals surface area contributed by atoms with Crippen LogP contribution < -0.4 is 0 Å². The first-order chi connectivity index (χ1) is 7.64. The van der Waals surface area contributed by atoms with Gasteiger partial charge in [-0.25, -0.2) is 13.4 Å². The number of nitrogens with zero attached hydrogens (tertiary/aromatic N) is 3. The summed E-state index contributed by atoms with van der Waals surface area (Å²) in [5.41, 5.74) is 0. The molecule has 0 unspecified atom stereocenters. The van der Waals surface area contributed by atoms with Gasteiger partial charge in [-0.05, 0) is 12.8 Å². The quantitative estimate of drug-likeness (QED) is 0.806. The highest BCUT2D eigenvalue weighted by Gasteiger charge is 2.29. The maximum atomic E-state index is 12.0. The van der Waals surface area contributed by atoms with Gasteiger partial charge in [0, 0.05) is 19.0 Å². The van der Waals surface area contributed by atoms with E-state index in [-0.39, 0.29) is 10.9 Å². The van der Waals surface area contributed by atoms with Crippen molar-refractivity contribution in [2.24, 2.45) is 5.92 Å². The Kier molecular flexibility index (Phi) is 2.94. The predicted molar refractivity (Wildman–Crippen MR) is 55.7 cm³/mol. The van der Waals surface area contributed by atoms with Crippen LogP contribution in [0.15, 0.2) is 17.6 Å². The number of H-pyrrole nitrogens is 1. The Morgan fingerprint density at radius 1 is 1.50 bits per heavy atom. The van der Waals surface area contributed by atoms with E-state index >= 15 is 0 Å². The van der Waals surface area contributed by atoms with Crippen molar-refractivity contribution >= 4 is 10.0 Å². The Morgan fingerprint density at radius 3 is 2.69 bits per heavy atom. The van der Waals surface area contributed by atoms with Crippen LogP contribution in [0, 0.1) is 17.2 Å². The van der Waals surface area contributed by atoms with Crippen LogP contribution in [0.2, 0.25) is 0 Å². The molecule has 0 bridgehead atoms. The molecule has 2 rings (SSSR count). The Labute approximate surface area is 94.0 Å². The molecule has 1 aromatic rings. The Balaban J connectivity index is 2.13. The lowest BCUT2D eigenvalue weighted by molar-refractivity contribution is 0.309. The number of hydrogen-bond donors (Lipinski definition) is 1. The van der Waals surface area contributed by atoms with Gasteiger partial charge in [0.2, 0.25) is 0 Å². The summed E-state index contributed by atoms with van der Waals surface area (Å²) in [6, 6.07) is 2.17. The number of nitrogens with one attached hydrogen (secondary N) is 1. The summed E-state index contributed by atoms with van der Waals surface area (Å²) < 4.78 is 25.4. The van der Waals surface area contributed by atoms with Crippen molar-refractivity contribution in [3.8, 4) is 6.07 Å². The minimum atomic E-state index is -3.44. The number of rotatable bonds is 2. The van der Waals surface area contributed by atoms with Crippen LogP contribution in [-0.2, 0) is 10.0 Å². The summed E-state index contributed by atoms with van der Waals surface area (Å²) in [5.74, 6) is -0.0202. The Morgan fingerprint density at radius 2 is 2.19 bits per heavy atom. The number of imidazole rings is 1. The van der Waals surface area contributed by atoms with Crippen LogP contribution in [0.3, 0.4) is 0 Å². The lowest BCUT2D eigenvalue weighted by Crippen LogP contribution is -2.38. The highest BCUT2D eigenvalue weighted by Crippen LogP contribution is 2.21. The third kappa shape index (κ3) is 1.94. The number of aromatic nitrogens is 2. The first kappa shape index (κ1) is 11.1. The maximum Gasteiger partial charge on any atom is 0.260 e. The van der Waals surface area contributed by atoms with Crippen LogP contribution in [0.5, 0.6) is 0 Å². The second kappa shape index (κ2) is 4.23. The fraction of sp³-hybridized carbons (Fsp3) is 0.556. The van der Waals surface area contributed by atoms with E-state index in [2.05, 4.69) is 16.0 Å². The SMILES string of the molecule is N#CC1CCN(S(=O)(=O)c2cnc[nH]2)CC1. The lowest BCUT2D eigenvalue weighted by atomic mass is 10.0. The predicted octanol–water partition coefficient (Wildman–Crippen LogP) is 0.334. The van der Waals surface area contributed by atoms with Gasteiger partial charge in [-0.1, -0.05) is 0 Å². The van der Waals surface area contributed by atoms with E-state index in [9.17, 15) is 8.42 Å². The molecule has 0 amide bonds. The van der Waals surface area contributed by atoms with Crippen molar-refractivity contribution in [3.05, 3.63) is 12.5 Å². The van der Waals surface area contributed by atoms with Crippen molar-refractivity contribution in [1.29, 1.82) is 5.26 Å². The molecule has 0 aromatic carbocycles. The zero-order chi connectivity index (χ0) is 11.6. The third-order valence-electron chi connectivity index (χ3n) is 2.73. The molecule has 1 aromatic heterocycles. The molecule has 0 spiro atoms. The second-order valence-corrected chi connectivity index (χ2v) is 5.63. The van der Waals surface area contributed by atoms with E-state index in [4.69, 9.17) is 5.26 Å². The van der Waals surface area contributed by atoms with E-state index in [1.807, 2.05) is 0 Å². The van der Waals surface area contributed by atoms with Gasteiger partial charge in [-0.3, -0.25) is 0 Å². The van der Waals surface area contributed by atoms with Crippen LogP contribution in [0.4, 0.5) is 0 Å². The molecule has 1 N–H and O–H groups in total. The topological polar surface area (TPSA) is 89.8 Å². The summed E-state index contributed by atoms with van der Waals surface area (Å²) in [6.07, 6.45) is 3.84. The molecule has 1 aliphatic heterocycles. The van der Waals surface area contributed by atoms with E-state index in [1.54, 1.807) is 0 Å². The van der Waals surface area contributed by atoms with Crippen molar-refractivity contribution < 1.29 is 8.42 Å². The van der Waals surface area contributed by atoms with Gasteiger partial charge < -0.3 is 4.98 Å². The smallest absolute Gasteiger partial charge is 0.260 e. The van der Waals surface area contributed by atoms with Crippen molar-refractivity contribution in [1.82, 2.24) is 14.3 Å². The lowest BCUT2D eigenvalue weighted by Gasteiger charge is -2.27. The molecule has 6 nitrogen and oxygen atoms in total. The van der Waals surface area contributed by atoms with Gasteiger partial charge >= 0.3 is 0 Å². The molecule has 1 aliphatic rings. The standard InChI is InChI=1S/C9H12N4O2S/c10-5-8-1-3-13(4-2-8)16(14,15)9-6-11-7-12-9/h6-8H,1-4H2,(H,11,12). The minimum Gasteiger partial charge on any atom is -0.335 e. The van der Waals surface area contributed by atoms with E-state index in [0.717, 1.165) is 0 Å². The average Bonchev–Trinajstić information content (AvgIpc) is 2.83. The number of aromatic amines is 1. The molecule has 2 heterocycles. The molecule has 1 saturated heterocycles. The molecule has 0 aliphatic carbocycles. The molecule has 0 saturated carbocycles. The van der Waals surface area contributed by atoms with Gasteiger partial charge in [-0.15, -0.1) is 0 Å². The molecule has 0 radical (unpaired) electrons. The molecule has 1 fully saturated rings. The first-order valence-corrected chi connectivity index (χ1v) is 6.47. The average molecular weight is 240 g/mol. The van der Waals surface area contributed by atoms with E-state index < -0.39 is 10.0 Å². The third-order valence-corrected chi connectivity index (χ3v) is 4.55. The zero-order valence-corrected chi connectivity index (χ0v) is 9.44. The minimum absolute atomic E-state index is 0.0202. The summed E-state index contributed by atoms with van der Waals surface area (Å²) in [6.45, 7) is 0.805. The summed E-state index contributed by atoms with van der Waals surface area (Å²) in [7, 11) is -3.44. The summed E-state index contributed by atoms with van der Waals surface area (Å²) in [4.78, 5) is 6.29. The van der Waals surface area contributed by atoms with Gasteiger partial charge in [0.25, 0.3) is 10.0 Å². The Bertz CT molecular complexity index is 480.